The summed E-state index contributed by atoms with van der Waals surface area (Å²) in [5.74, 6) is -2.29. The zero-order chi connectivity index (χ0) is 71.8. The van der Waals surface area contributed by atoms with Gasteiger partial charge in [0.15, 0.2) is 12.2 Å². The SMILES string of the molecule is CC/C=C\C/C=C\C/C=C\C/C=C\C/C=C\CCCC(=O)OCC(COP(=O)(O)OCC(O)COP(=O)(O)OCC(COC(=O)CCCCCC/C=C\C/C=C\C/C=C\C/C=C\CC)OC(=O)CCCCCCC/C=C\CCCCCC)OC(=O)CCCCCCC/C=C\CCCC. The predicted octanol–water partition coefficient (Wildman–Crippen LogP) is 21.3. The van der Waals surface area contributed by atoms with Crippen LogP contribution in [0.1, 0.15) is 285 Å². The summed E-state index contributed by atoms with van der Waals surface area (Å²) in [4.78, 5) is 72.7. The van der Waals surface area contributed by atoms with Crippen LogP contribution in [0.3, 0.4) is 0 Å². The van der Waals surface area contributed by atoms with E-state index in [1.807, 2.05) is 12.2 Å². The molecular weight excluding hydrogens is 1280 g/mol. The normalized spacial score (nSPS) is 14.7. The second kappa shape index (κ2) is 70.6. The molecule has 0 aliphatic heterocycles. The molecule has 3 N–H and O–H groups in total. The Kier molecular flexibility index (Phi) is 67.2. The van der Waals surface area contributed by atoms with Crippen molar-refractivity contribution in [1.82, 2.24) is 0 Å². The van der Waals surface area contributed by atoms with E-state index < -0.39 is 97.5 Å². The fraction of sp³-hybridized carbons (Fsp3) is 0.671. The third-order valence-corrected chi connectivity index (χ3v) is 17.0. The van der Waals surface area contributed by atoms with Gasteiger partial charge in [0.05, 0.1) is 26.4 Å². The highest BCUT2D eigenvalue weighted by Crippen LogP contribution is 2.45. The Morgan fingerprint density at radius 1 is 0.296 bits per heavy atom. The number of phosphoric acid groups is 2. The molecule has 17 nitrogen and oxygen atoms in total. The molecule has 0 rings (SSSR count). The number of carbonyl (C=O) groups is 4. The lowest BCUT2D eigenvalue weighted by Crippen LogP contribution is -2.30. The van der Waals surface area contributed by atoms with Gasteiger partial charge in [-0.25, -0.2) is 9.13 Å². The number of phosphoric ester groups is 2. The number of hydrogen-bond donors (Lipinski definition) is 3. The number of rotatable bonds is 69. The quantitative estimate of drug-likeness (QED) is 0.0169. The molecular formula is C79H132O17P2. The Balaban J connectivity index is 5.40. The Morgan fingerprint density at radius 3 is 0.898 bits per heavy atom. The number of hydrogen-bond acceptors (Lipinski definition) is 15. The lowest BCUT2D eigenvalue weighted by molar-refractivity contribution is -0.161. The van der Waals surface area contributed by atoms with Crippen molar-refractivity contribution in [3.63, 3.8) is 0 Å². The minimum atomic E-state index is -4.99. The van der Waals surface area contributed by atoms with E-state index in [4.69, 9.17) is 37.0 Å². The first-order chi connectivity index (χ1) is 47.7. The van der Waals surface area contributed by atoms with Crippen molar-refractivity contribution in [3.8, 4) is 0 Å². The Morgan fingerprint density at radius 2 is 0.551 bits per heavy atom. The Hall–Kier alpha value is -4.80. The number of carbonyl (C=O) groups excluding carboxylic acids is 4. The van der Waals surface area contributed by atoms with Crippen LogP contribution in [0.25, 0.3) is 0 Å². The van der Waals surface area contributed by atoms with E-state index in [2.05, 4.69) is 149 Å². The van der Waals surface area contributed by atoms with Crippen molar-refractivity contribution < 1.29 is 80.2 Å². The zero-order valence-corrected chi connectivity index (χ0v) is 62.7. The van der Waals surface area contributed by atoms with Crippen molar-refractivity contribution in [1.29, 1.82) is 0 Å². The average molecular weight is 1420 g/mol. The van der Waals surface area contributed by atoms with E-state index in [-0.39, 0.29) is 25.7 Å². The number of ether oxygens (including phenoxy) is 4. The molecule has 560 valence electrons. The van der Waals surface area contributed by atoms with Crippen molar-refractivity contribution in [3.05, 3.63) is 134 Å². The highest BCUT2D eigenvalue weighted by molar-refractivity contribution is 7.47. The van der Waals surface area contributed by atoms with Crippen molar-refractivity contribution in [2.24, 2.45) is 0 Å². The third kappa shape index (κ3) is 69.7. The summed E-state index contributed by atoms with van der Waals surface area (Å²) in [5, 5.41) is 10.6. The largest absolute Gasteiger partial charge is 0.472 e. The number of aliphatic hydroxyl groups is 1. The lowest BCUT2D eigenvalue weighted by Gasteiger charge is -2.21. The fourth-order valence-corrected chi connectivity index (χ4v) is 11.0. The zero-order valence-electron chi connectivity index (χ0n) is 60.9. The van der Waals surface area contributed by atoms with E-state index in [0.717, 1.165) is 161 Å². The third-order valence-electron chi connectivity index (χ3n) is 15.1. The van der Waals surface area contributed by atoms with Gasteiger partial charge in [0.1, 0.15) is 19.3 Å². The molecule has 0 bridgehead atoms. The van der Waals surface area contributed by atoms with Crippen LogP contribution in [0, 0.1) is 0 Å². The van der Waals surface area contributed by atoms with Gasteiger partial charge in [-0.3, -0.25) is 37.3 Å². The van der Waals surface area contributed by atoms with Gasteiger partial charge in [-0.1, -0.05) is 245 Å². The monoisotopic (exact) mass is 1410 g/mol. The van der Waals surface area contributed by atoms with Crippen molar-refractivity contribution in [2.45, 2.75) is 303 Å². The van der Waals surface area contributed by atoms with Crippen LogP contribution < -0.4 is 0 Å². The highest BCUT2D eigenvalue weighted by Gasteiger charge is 2.30. The summed E-state index contributed by atoms with van der Waals surface area (Å²) in [5.41, 5.74) is 0. The molecule has 0 aromatic heterocycles. The molecule has 0 aliphatic carbocycles. The van der Waals surface area contributed by atoms with Crippen LogP contribution in [0.4, 0.5) is 0 Å². The molecule has 0 spiro atoms. The smallest absolute Gasteiger partial charge is 0.462 e. The van der Waals surface area contributed by atoms with Gasteiger partial charge in [0.25, 0.3) is 0 Å². The van der Waals surface area contributed by atoms with E-state index >= 15 is 0 Å². The van der Waals surface area contributed by atoms with Crippen LogP contribution in [-0.4, -0.2) is 96.7 Å². The van der Waals surface area contributed by atoms with Gasteiger partial charge in [0, 0.05) is 25.7 Å². The molecule has 5 atom stereocenters. The molecule has 0 aliphatic rings. The van der Waals surface area contributed by atoms with Gasteiger partial charge in [-0.15, -0.1) is 0 Å². The maximum absolute atomic E-state index is 13.1. The summed E-state index contributed by atoms with van der Waals surface area (Å²) in [6.45, 7) is 4.46. The second-order valence-corrected chi connectivity index (χ2v) is 27.4. The number of aliphatic hydroxyl groups excluding tert-OH is 1. The van der Waals surface area contributed by atoms with Gasteiger partial charge in [-0.2, -0.15) is 0 Å². The molecule has 0 amide bonds. The molecule has 0 radical (unpaired) electrons. The van der Waals surface area contributed by atoms with Crippen LogP contribution in [0.5, 0.6) is 0 Å². The number of allylic oxidation sites excluding steroid dienone is 22. The molecule has 0 aromatic rings. The van der Waals surface area contributed by atoms with Crippen LogP contribution >= 0.6 is 15.6 Å². The number of esters is 4. The Bertz CT molecular complexity index is 2380. The minimum Gasteiger partial charge on any atom is -0.462 e. The predicted molar refractivity (Wildman–Crippen MR) is 399 cm³/mol. The minimum absolute atomic E-state index is 0.0686. The lowest BCUT2D eigenvalue weighted by atomic mass is 10.1. The summed E-state index contributed by atoms with van der Waals surface area (Å²) in [6, 6.07) is 0. The molecule has 19 heteroatoms. The van der Waals surface area contributed by atoms with E-state index in [1.54, 1.807) is 0 Å². The summed E-state index contributed by atoms with van der Waals surface area (Å²) in [7, 11) is -9.98. The molecule has 0 saturated heterocycles. The summed E-state index contributed by atoms with van der Waals surface area (Å²) in [6.07, 6.45) is 77.5. The fourth-order valence-electron chi connectivity index (χ4n) is 9.40. The van der Waals surface area contributed by atoms with Crippen molar-refractivity contribution >= 4 is 39.5 Å². The van der Waals surface area contributed by atoms with Gasteiger partial charge in [-0.05, 0) is 148 Å². The van der Waals surface area contributed by atoms with E-state index in [1.165, 1.54) is 38.5 Å². The van der Waals surface area contributed by atoms with Gasteiger partial charge >= 0.3 is 39.5 Å². The molecule has 0 fully saturated rings. The summed E-state index contributed by atoms with van der Waals surface area (Å²) < 4.78 is 68.3. The first kappa shape index (κ1) is 93.2. The first-order valence-corrected chi connectivity index (χ1v) is 40.4. The topological polar surface area (TPSA) is 237 Å². The van der Waals surface area contributed by atoms with Crippen LogP contribution in [0.2, 0.25) is 0 Å². The molecule has 98 heavy (non-hydrogen) atoms. The van der Waals surface area contributed by atoms with Gasteiger partial charge in [0.2, 0.25) is 0 Å². The molecule has 0 saturated carbocycles. The second-order valence-electron chi connectivity index (χ2n) is 24.5. The maximum Gasteiger partial charge on any atom is 0.472 e. The van der Waals surface area contributed by atoms with Crippen molar-refractivity contribution in [2.75, 3.05) is 39.6 Å². The number of unbranched alkanes of at least 4 members (excludes halogenated alkanes) is 21. The standard InChI is InChI=1S/C79H132O17P2/c1-5-9-13-17-21-25-29-32-34-36-38-41-44-47-51-55-59-63-76(81)89-69-74(95-78(83)65-61-57-53-49-43-28-24-20-16-12-8-4)71-93-97(85,86)91-67-73(80)68-92-98(87,88)94-72-75(96-79(84)66-62-58-54-50-46-40-31-27-23-19-15-11-7-3)70-90-77(82)64-60-56-52-48-45-42-39-37-35-33-30-26-22-18-14-10-6-2/h9-10,13-14,20-22,24-27,31-35,38-39,41-42,47,51,73-75,80H,5-8,11-12,15-19,23,28-30,36-37,40,43-46,48-50,52-72H2,1-4H3,(H,85,86)(H,87,88)/b13-9-,14-10-,24-20-,25-21-,26-22-,31-27-,34-32-,35-33-,41-38-,42-39-,51-47-. The average Bonchev–Trinajstić information content (AvgIpc) is 0.985. The summed E-state index contributed by atoms with van der Waals surface area (Å²) >= 11 is 0. The highest BCUT2D eigenvalue weighted by atomic mass is 31.2. The molecule has 0 heterocycles. The Labute approximate surface area is 593 Å². The van der Waals surface area contributed by atoms with Crippen LogP contribution in [0.15, 0.2) is 134 Å². The van der Waals surface area contributed by atoms with Crippen LogP contribution in [-0.2, 0) is 65.4 Å². The molecule has 5 unspecified atom stereocenters. The molecule has 0 aromatic carbocycles. The van der Waals surface area contributed by atoms with E-state index in [9.17, 15) is 43.2 Å². The van der Waals surface area contributed by atoms with Gasteiger partial charge < -0.3 is 33.8 Å². The maximum atomic E-state index is 13.1. The van der Waals surface area contributed by atoms with E-state index in [0.29, 0.717) is 32.1 Å². The first-order valence-electron chi connectivity index (χ1n) is 37.4.